The summed E-state index contributed by atoms with van der Waals surface area (Å²) in [5.41, 5.74) is 7.03. The van der Waals surface area contributed by atoms with Gasteiger partial charge >= 0.3 is 0 Å². The molecule has 1 aliphatic carbocycles. The number of carbonyl (C=O) groups is 3. The molecular weight excluding hydrogens is 410 g/mol. The number of hydrogen-bond donors (Lipinski definition) is 2. The Morgan fingerprint density at radius 3 is 2.55 bits per heavy atom. The highest BCUT2D eigenvalue weighted by Gasteiger charge is 2.30. The molecule has 1 heterocycles. The van der Waals surface area contributed by atoms with Crippen molar-refractivity contribution >= 4 is 45.7 Å². The summed E-state index contributed by atoms with van der Waals surface area (Å²) in [7, 11) is 0. The Morgan fingerprint density at radius 2 is 1.93 bits per heavy atom. The minimum atomic E-state index is -0.579. The lowest BCUT2D eigenvalue weighted by Gasteiger charge is -2.28. The van der Waals surface area contributed by atoms with E-state index in [0.717, 1.165) is 36.1 Å². The van der Waals surface area contributed by atoms with Gasteiger partial charge < -0.3 is 16.0 Å². The molecule has 0 bridgehead atoms. The number of nitrogens with two attached hydrogens (primary N) is 1. The highest BCUT2D eigenvalue weighted by Crippen LogP contribution is 2.32. The predicted molar refractivity (Wildman–Crippen MR) is 116 cm³/mol. The molecule has 0 saturated heterocycles. The Labute approximate surface area is 179 Å². The number of aryl methyl sites for hydroxylation is 1. The van der Waals surface area contributed by atoms with Gasteiger partial charge in [-0.05, 0) is 50.5 Å². The van der Waals surface area contributed by atoms with Gasteiger partial charge in [-0.2, -0.15) is 0 Å². The van der Waals surface area contributed by atoms with Crippen LogP contribution in [0.5, 0.6) is 0 Å². The molecule has 1 aromatic carbocycles. The monoisotopic (exact) mass is 433 g/mol. The lowest BCUT2D eigenvalue weighted by atomic mass is 10.1. The van der Waals surface area contributed by atoms with E-state index in [1.54, 1.807) is 36.1 Å². The van der Waals surface area contributed by atoms with Crippen molar-refractivity contribution in [3.05, 3.63) is 50.9 Å². The van der Waals surface area contributed by atoms with Crippen LogP contribution in [0.2, 0.25) is 5.02 Å². The lowest BCUT2D eigenvalue weighted by Crippen LogP contribution is -2.43. The molecule has 1 saturated carbocycles. The number of primary amides is 1. The summed E-state index contributed by atoms with van der Waals surface area (Å²) in [4.78, 5) is 40.2. The molecule has 0 unspecified atom stereocenters. The highest BCUT2D eigenvalue weighted by molar-refractivity contribution is 7.16. The first-order chi connectivity index (χ1) is 13.8. The van der Waals surface area contributed by atoms with E-state index in [1.807, 2.05) is 6.92 Å². The number of rotatable bonds is 6. The molecule has 0 aliphatic heterocycles. The van der Waals surface area contributed by atoms with Crippen LogP contribution in [0.15, 0.2) is 24.3 Å². The van der Waals surface area contributed by atoms with Crippen molar-refractivity contribution < 1.29 is 14.4 Å². The zero-order chi connectivity index (χ0) is 21.1. The van der Waals surface area contributed by atoms with E-state index < -0.39 is 5.91 Å². The molecule has 3 amide bonds. The molecule has 0 atom stereocenters. The molecule has 1 fully saturated rings. The Balaban J connectivity index is 1.81. The van der Waals surface area contributed by atoms with Crippen molar-refractivity contribution in [2.24, 2.45) is 5.73 Å². The maximum Gasteiger partial charge on any atom is 0.254 e. The van der Waals surface area contributed by atoms with Gasteiger partial charge in [0, 0.05) is 21.5 Å². The maximum atomic E-state index is 13.1. The van der Waals surface area contributed by atoms with E-state index in [1.165, 1.54) is 11.3 Å². The van der Waals surface area contributed by atoms with Crippen LogP contribution >= 0.6 is 22.9 Å². The standard InChI is InChI=1S/C21H24ClN3O3S/c1-12-13(2)29-20(18(12)19(23)27)24-17(26)11-25(16-8-3-4-9-16)21(28)14-6-5-7-15(22)10-14/h5-7,10,16H,3-4,8-9,11H2,1-2H3,(H2,23,27)(H,24,26). The Morgan fingerprint density at radius 1 is 1.24 bits per heavy atom. The second-order valence-electron chi connectivity index (χ2n) is 7.28. The minimum absolute atomic E-state index is 0.00894. The van der Waals surface area contributed by atoms with Crippen LogP contribution in [-0.2, 0) is 4.79 Å². The summed E-state index contributed by atoms with van der Waals surface area (Å²) in [6, 6.07) is 6.75. The van der Waals surface area contributed by atoms with Gasteiger partial charge in [-0.25, -0.2) is 0 Å². The van der Waals surface area contributed by atoms with E-state index >= 15 is 0 Å². The topological polar surface area (TPSA) is 92.5 Å². The fraction of sp³-hybridized carbons (Fsp3) is 0.381. The van der Waals surface area contributed by atoms with E-state index in [9.17, 15) is 14.4 Å². The van der Waals surface area contributed by atoms with Gasteiger partial charge in [0.05, 0.1) is 5.56 Å². The van der Waals surface area contributed by atoms with E-state index in [4.69, 9.17) is 17.3 Å². The number of hydrogen-bond acceptors (Lipinski definition) is 4. The van der Waals surface area contributed by atoms with Crippen molar-refractivity contribution in [2.75, 3.05) is 11.9 Å². The van der Waals surface area contributed by atoms with E-state index in [2.05, 4.69) is 5.32 Å². The SMILES string of the molecule is Cc1sc(NC(=O)CN(C(=O)c2cccc(Cl)c2)C2CCCC2)c(C(N)=O)c1C. The zero-order valence-corrected chi connectivity index (χ0v) is 18.0. The first kappa shape index (κ1) is 21.3. The molecule has 0 radical (unpaired) electrons. The van der Waals surface area contributed by atoms with Crippen molar-refractivity contribution in [3.63, 3.8) is 0 Å². The van der Waals surface area contributed by atoms with Crippen LogP contribution in [0.3, 0.4) is 0 Å². The van der Waals surface area contributed by atoms with Gasteiger partial charge in [-0.15, -0.1) is 11.3 Å². The fourth-order valence-corrected chi connectivity index (χ4v) is 4.97. The van der Waals surface area contributed by atoms with Gasteiger partial charge in [-0.1, -0.05) is 30.5 Å². The Bertz CT molecular complexity index is 951. The number of halogens is 1. The fourth-order valence-electron chi connectivity index (χ4n) is 3.70. The number of nitrogens with one attached hydrogen (secondary N) is 1. The average molecular weight is 434 g/mol. The Kier molecular flexibility index (Phi) is 6.59. The molecule has 0 spiro atoms. The molecule has 154 valence electrons. The molecule has 3 N–H and O–H groups in total. The van der Waals surface area contributed by atoms with Gasteiger partial charge in [0.1, 0.15) is 11.5 Å². The van der Waals surface area contributed by atoms with Gasteiger partial charge in [0.2, 0.25) is 5.91 Å². The zero-order valence-electron chi connectivity index (χ0n) is 16.5. The number of amides is 3. The van der Waals surface area contributed by atoms with E-state index in [0.29, 0.717) is 21.2 Å². The van der Waals surface area contributed by atoms with E-state index in [-0.39, 0.29) is 24.4 Å². The maximum absolute atomic E-state index is 13.1. The van der Waals surface area contributed by atoms with Crippen LogP contribution in [0, 0.1) is 13.8 Å². The van der Waals surface area contributed by atoms with Crippen molar-refractivity contribution in [2.45, 2.75) is 45.6 Å². The molecule has 1 aromatic heterocycles. The van der Waals surface area contributed by atoms with Gasteiger partial charge in [0.25, 0.3) is 11.8 Å². The third kappa shape index (κ3) is 4.79. The van der Waals surface area contributed by atoms with Gasteiger partial charge in [-0.3, -0.25) is 14.4 Å². The third-order valence-electron chi connectivity index (χ3n) is 5.30. The number of benzene rings is 1. The summed E-state index contributed by atoms with van der Waals surface area (Å²) in [5, 5.41) is 3.69. The number of carbonyl (C=O) groups excluding carboxylic acids is 3. The summed E-state index contributed by atoms with van der Waals surface area (Å²) >= 11 is 7.35. The molecular formula is C21H24ClN3O3S. The van der Waals surface area contributed by atoms with Crippen LogP contribution in [-0.4, -0.2) is 35.2 Å². The Hall–Kier alpha value is -2.38. The first-order valence-electron chi connectivity index (χ1n) is 9.54. The molecule has 29 heavy (non-hydrogen) atoms. The molecule has 3 rings (SSSR count). The van der Waals surface area contributed by atoms with Crippen LogP contribution < -0.4 is 11.1 Å². The van der Waals surface area contributed by atoms with Gasteiger partial charge in [0.15, 0.2) is 0 Å². The second-order valence-corrected chi connectivity index (χ2v) is 8.94. The first-order valence-corrected chi connectivity index (χ1v) is 10.7. The van der Waals surface area contributed by atoms with Crippen LogP contribution in [0.25, 0.3) is 0 Å². The number of thiophene rings is 1. The second kappa shape index (κ2) is 8.97. The van der Waals surface area contributed by atoms with Crippen molar-refractivity contribution in [3.8, 4) is 0 Å². The summed E-state index contributed by atoms with van der Waals surface area (Å²) < 4.78 is 0. The molecule has 6 nitrogen and oxygen atoms in total. The number of anilines is 1. The minimum Gasteiger partial charge on any atom is -0.365 e. The lowest BCUT2D eigenvalue weighted by molar-refractivity contribution is -0.117. The van der Waals surface area contributed by atoms with Crippen LogP contribution in [0.4, 0.5) is 5.00 Å². The van der Waals surface area contributed by atoms with Crippen LogP contribution in [0.1, 0.15) is 56.8 Å². The van der Waals surface area contributed by atoms with Crippen molar-refractivity contribution in [1.29, 1.82) is 0 Å². The largest absolute Gasteiger partial charge is 0.365 e. The predicted octanol–water partition coefficient (Wildman–Crippen LogP) is 4.14. The quantitative estimate of drug-likeness (QED) is 0.716. The summed E-state index contributed by atoms with van der Waals surface area (Å²) in [6.45, 7) is 3.58. The highest BCUT2D eigenvalue weighted by atomic mass is 35.5. The molecule has 8 heteroatoms. The third-order valence-corrected chi connectivity index (χ3v) is 6.65. The molecule has 2 aromatic rings. The normalized spacial score (nSPS) is 14.0. The molecule has 1 aliphatic rings. The number of nitrogens with zero attached hydrogens (tertiary/aromatic N) is 1. The smallest absolute Gasteiger partial charge is 0.254 e. The summed E-state index contributed by atoms with van der Waals surface area (Å²) in [5.74, 6) is -1.15. The van der Waals surface area contributed by atoms with Crippen molar-refractivity contribution in [1.82, 2.24) is 4.90 Å². The average Bonchev–Trinajstić information content (AvgIpc) is 3.28. The summed E-state index contributed by atoms with van der Waals surface area (Å²) in [6.07, 6.45) is 3.79.